The lowest BCUT2D eigenvalue weighted by Crippen LogP contribution is -2.28. The fourth-order valence-corrected chi connectivity index (χ4v) is 2.86. The monoisotopic (exact) mass is 451 g/mol. The van der Waals surface area contributed by atoms with Crippen LogP contribution in [0, 0.1) is 0 Å². The Morgan fingerprint density at radius 1 is 0.897 bits per heavy atom. The maximum absolute atomic E-state index is 12.4. The Morgan fingerprint density at radius 2 is 1.55 bits per heavy atom. The number of para-hydroxylation sites is 1. The van der Waals surface area contributed by atoms with Gasteiger partial charge in [-0.05, 0) is 64.0 Å². The first kappa shape index (κ1) is 20.4. The summed E-state index contributed by atoms with van der Waals surface area (Å²) in [6.07, 6.45) is 1.55. The molecule has 3 aromatic rings. The Kier molecular flexibility index (Phi) is 6.81. The number of methoxy groups -OCH3 is 1. The van der Waals surface area contributed by atoms with Crippen molar-refractivity contribution < 1.29 is 19.1 Å². The summed E-state index contributed by atoms with van der Waals surface area (Å²) in [6.45, 7) is 0. The number of carbonyl (C=O) groups excluding carboxylic acids is 2. The van der Waals surface area contributed by atoms with Gasteiger partial charge in [0.25, 0.3) is 5.91 Å². The van der Waals surface area contributed by atoms with Crippen LogP contribution in [-0.2, 0) is 9.53 Å². The van der Waals surface area contributed by atoms with Crippen molar-refractivity contribution in [3.05, 3.63) is 100 Å². The van der Waals surface area contributed by atoms with Crippen LogP contribution in [-0.4, -0.2) is 19.0 Å². The second-order valence-electron chi connectivity index (χ2n) is 5.97. The molecule has 5 nitrogen and oxygen atoms in total. The molecule has 0 unspecified atom stereocenters. The normalized spacial score (nSPS) is 10.9. The molecule has 0 radical (unpaired) electrons. The molecule has 0 aliphatic carbocycles. The van der Waals surface area contributed by atoms with E-state index in [1.807, 2.05) is 30.3 Å². The van der Waals surface area contributed by atoms with Gasteiger partial charge in [0, 0.05) is 5.56 Å². The van der Waals surface area contributed by atoms with Gasteiger partial charge in [-0.15, -0.1) is 0 Å². The van der Waals surface area contributed by atoms with Crippen molar-refractivity contribution in [3.63, 3.8) is 0 Å². The number of hydrogen-bond acceptors (Lipinski definition) is 4. The minimum atomic E-state index is -0.636. The molecule has 146 valence electrons. The van der Waals surface area contributed by atoms with Crippen LogP contribution in [0.15, 0.2) is 89.0 Å². The van der Waals surface area contributed by atoms with Crippen molar-refractivity contribution in [1.29, 1.82) is 0 Å². The van der Waals surface area contributed by atoms with Crippen molar-refractivity contribution >= 4 is 33.9 Å². The molecule has 6 heteroatoms. The fourth-order valence-electron chi connectivity index (χ4n) is 2.49. The largest absolute Gasteiger partial charge is 0.464 e. The highest BCUT2D eigenvalue weighted by molar-refractivity contribution is 9.10. The lowest BCUT2D eigenvalue weighted by Gasteiger charge is -2.09. The third-order valence-electron chi connectivity index (χ3n) is 3.95. The van der Waals surface area contributed by atoms with Gasteiger partial charge in [-0.25, -0.2) is 4.79 Å². The number of rotatable bonds is 6. The van der Waals surface area contributed by atoms with Crippen LogP contribution in [0.25, 0.3) is 6.08 Å². The number of nitrogens with one attached hydrogen (secondary N) is 1. The third-order valence-corrected chi connectivity index (χ3v) is 4.60. The predicted octanol–water partition coefficient (Wildman–Crippen LogP) is 5.19. The van der Waals surface area contributed by atoms with Crippen LogP contribution in [0.1, 0.15) is 15.9 Å². The van der Waals surface area contributed by atoms with Crippen molar-refractivity contribution in [2.45, 2.75) is 0 Å². The van der Waals surface area contributed by atoms with E-state index in [0.717, 1.165) is 4.47 Å². The molecule has 0 bridgehead atoms. The van der Waals surface area contributed by atoms with Gasteiger partial charge in [-0.2, -0.15) is 0 Å². The van der Waals surface area contributed by atoms with Crippen LogP contribution in [0.3, 0.4) is 0 Å². The zero-order valence-electron chi connectivity index (χ0n) is 15.6. The van der Waals surface area contributed by atoms with Gasteiger partial charge in [-0.3, -0.25) is 4.79 Å². The van der Waals surface area contributed by atoms with Gasteiger partial charge in [0.1, 0.15) is 17.2 Å². The SMILES string of the molecule is COC(=O)C(=Cc1ccc(Oc2ccccc2Br)cc1)NC(=O)c1ccccc1. The molecule has 0 aliphatic rings. The topological polar surface area (TPSA) is 64.6 Å². The van der Waals surface area contributed by atoms with Crippen LogP contribution in [0.5, 0.6) is 11.5 Å². The van der Waals surface area contributed by atoms with Gasteiger partial charge in [0.2, 0.25) is 0 Å². The number of amides is 1. The molecule has 29 heavy (non-hydrogen) atoms. The molecule has 0 saturated carbocycles. The molecule has 3 aromatic carbocycles. The van der Waals surface area contributed by atoms with Gasteiger partial charge in [0.05, 0.1) is 11.6 Å². The van der Waals surface area contributed by atoms with E-state index in [2.05, 4.69) is 21.2 Å². The zero-order valence-corrected chi connectivity index (χ0v) is 17.2. The molecule has 0 spiro atoms. The summed E-state index contributed by atoms with van der Waals surface area (Å²) in [4.78, 5) is 24.5. The number of ether oxygens (including phenoxy) is 2. The number of halogens is 1. The van der Waals surface area contributed by atoms with Gasteiger partial charge in [-0.1, -0.05) is 42.5 Å². The maximum Gasteiger partial charge on any atom is 0.354 e. The summed E-state index contributed by atoms with van der Waals surface area (Å²) in [6, 6.07) is 23.3. The Morgan fingerprint density at radius 3 is 2.21 bits per heavy atom. The number of hydrogen-bond donors (Lipinski definition) is 1. The van der Waals surface area contributed by atoms with Crippen molar-refractivity contribution in [2.24, 2.45) is 0 Å². The van der Waals surface area contributed by atoms with E-state index in [1.165, 1.54) is 7.11 Å². The molecule has 0 fully saturated rings. The van der Waals surface area contributed by atoms with Crippen LogP contribution >= 0.6 is 15.9 Å². The van der Waals surface area contributed by atoms with E-state index >= 15 is 0 Å². The van der Waals surface area contributed by atoms with E-state index in [-0.39, 0.29) is 5.70 Å². The Labute approximate surface area is 177 Å². The standard InChI is InChI=1S/C23H18BrNO4/c1-28-23(27)20(25-22(26)17-7-3-2-4-8-17)15-16-11-13-18(14-12-16)29-21-10-6-5-9-19(21)24/h2-15H,1H3,(H,25,26). The molecule has 0 saturated heterocycles. The second-order valence-corrected chi connectivity index (χ2v) is 6.83. The van der Waals surface area contributed by atoms with Crippen LogP contribution in [0.2, 0.25) is 0 Å². The molecular formula is C23H18BrNO4. The average molecular weight is 452 g/mol. The van der Waals surface area contributed by atoms with Crippen LogP contribution < -0.4 is 10.1 Å². The molecule has 0 aromatic heterocycles. The maximum atomic E-state index is 12.4. The summed E-state index contributed by atoms with van der Waals surface area (Å²) >= 11 is 3.44. The van der Waals surface area contributed by atoms with Gasteiger partial charge < -0.3 is 14.8 Å². The quantitative estimate of drug-likeness (QED) is 0.413. The number of benzene rings is 3. The fraction of sp³-hybridized carbons (Fsp3) is 0.0435. The highest BCUT2D eigenvalue weighted by atomic mass is 79.9. The minimum absolute atomic E-state index is 0.0424. The first-order valence-electron chi connectivity index (χ1n) is 8.75. The Hall–Kier alpha value is -3.38. The first-order chi connectivity index (χ1) is 14.1. The van der Waals surface area contributed by atoms with E-state index in [0.29, 0.717) is 22.6 Å². The molecule has 0 aliphatic heterocycles. The smallest absolute Gasteiger partial charge is 0.354 e. The summed E-state index contributed by atoms with van der Waals surface area (Å²) < 4.78 is 11.5. The molecule has 0 atom stereocenters. The Bertz CT molecular complexity index is 1030. The number of esters is 1. The van der Waals surface area contributed by atoms with Crippen molar-refractivity contribution in [2.75, 3.05) is 7.11 Å². The third kappa shape index (κ3) is 5.56. The molecular weight excluding hydrogens is 434 g/mol. The van der Waals surface area contributed by atoms with Gasteiger partial charge >= 0.3 is 5.97 Å². The molecule has 1 amide bonds. The summed E-state index contributed by atoms with van der Waals surface area (Å²) in [5.74, 6) is 0.308. The Balaban J connectivity index is 1.78. The van der Waals surface area contributed by atoms with E-state index in [4.69, 9.17) is 9.47 Å². The summed E-state index contributed by atoms with van der Waals surface area (Å²) in [5, 5.41) is 2.60. The molecule has 1 N–H and O–H groups in total. The van der Waals surface area contributed by atoms with E-state index < -0.39 is 11.9 Å². The van der Waals surface area contributed by atoms with Crippen molar-refractivity contribution in [1.82, 2.24) is 5.32 Å². The second kappa shape index (κ2) is 9.71. The minimum Gasteiger partial charge on any atom is -0.464 e. The highest BCUT2D eigenvalue weighted by Gasteiger charge is 2.14. The van der Waals surface area contributed by atoms with E-state index in [9.17, 15) is 9.59 Å². The summed E-state index contributed by atoms with van der Waals surface area (Å²) in [5.41, 5.74) is 1.19. The van der Waals surface area contributed by atoms with Crippen molar-refractivity contribution in [3.8, 4) is 11.5 Å². The van der Waals surface area contributed by atoms with E-state index in [1.54, 1.807) is 54.6 Å². The zero-order chi connectivity index (χ0) is 20.6. The predicted molar refractivity (Wildman–Crippen MR) is 115 cm³/mol. The lowest BCUT2D eigenvalue weighted by atomic mass is 10.1. The molecule has 0 heterocycles. The molecule has 3 rings (SSSR count). The number of carbonyl (C=O) groups is 2. The average Bonchev–Trinajstić information content (AvgIpc) is 2.76. The van der Waals surface area contributed by atoms with Gasteiger partial charge in [0.15, 0.2) is 0 Å². The highest BCUT2D eigenvalue weighted by Crippen LogP contribution is 2.29. The first-order valence-corrected chi connectivity index (χ1v) is 9.55. The lowest BCUT2D eigenvalue weighted by molar-refractivity contribution is -0.136. The van der Waals surface area contributed by atoms with Crippen LogP contribution in [0.4, 0.5) is 0 Å². The summed E-state index contributed by atoms with van der Waals surface area (Å²) in [7, 11) is 1.26.